The van der Waals surface area contributed by atoms with Crippen LogP contribution >= 0.6 is 28.1 Å². The van der Waals surface area contributed by atoms with Crippen LogP contribution in [0.4, 0.5) is 5.69 Å². The maximum atomic E-state index is 13.0. The van der Waals surface area contributed by atoms with Crippen LogP contribution < -0.4 is 20.7 Å². The van der Waals surface area contributed by atoms with Crippen molar-refractivity contribution in [2.24, 2.45) is 0 Å². The fourth-order valence-corrected chi connectivity index (χ4v) is 3.33. The molecule has 0 aliphatic carbocycles. The second-order valence-electron chi connectivity index (χ2n) is 5.81. The van der Waals surface area contributed by atoms with Crippen LogP contribution in [-0.4, -0.2) is 18.1 Å². The third-order valence-corrected chi connectivity index (χ3v) is 4.79. The van der Waals surface area contributed by atoms with E-state index in [9.17, 15) is 4.79 Å². The van der Waals surface area contributed by atoms with Gasteiger partial charge in [-0.15, -0.1) is 0 Å². The summed E-state index contributed by atoms with van der Waals surface area (Å²) in [5.41, 5.74) is 2.91. The number of anilines is 1. The minimum absolute atomic E-state index is 0.194. The molecule has 0 unspecified atom stereocenters. The summed E-state index contributed by atoms with van der Waals surface area (Å²) in [6.07, 6.45) is 0. The molecule has 1 aliphatic heterocycles. The Kier molecular flexibility index (Phi) is 5.58. The summed E-state index contributed by atoms with van der Waals surface area (Å²) in [6, 6.07) is 14.7. The summed E-state index contributed by atoms with van der Waals surface area (Å²) in [4.78, 5) is 13.0. The highest BCUT2D eigenvalue weighted by molar-refractivity contribution is 9.10. The van der Waals surface area contributed by atoms with Gasteiger partial charge in [-0.2, -0.15) is 0 Å². The van der Waals surface area contributed by atoms with E-state index in [4.69, 9.17) is 17.0 Å². The average molecular weight is 432 g/mol. The van der Waals surface area contributed by atoms with Crippen molar-refractivity contribution in [2.45, 2.75) is 13.0 Å². The Morgan fingerprint density at radius 1 is 1.23 bits per heavy atom. The van der Waals surface area contributed by atoms with Crippen molar-refractivity contribution in [1.82, 2.24) is 10.6 Å². The molecule has 5 nitrogen and oxygen atoms in total. The van der Waals surface area contributed by atoms with Crippen LogP contribution in [0.2, 0.25) is 0 Å². The molecule has 0 fully saturated rings. The number of benzene rings is 2. The van der Waals surface area contributed by atoms with E-state index in [1.165, 1.54) is 0 Å². The summed E-state index contributed by atoms with van der Waals surface area (Å²) in [6.45, 7) is 1.84. The maximum absolute atomic E-state index is 13.0. The van der Waals surface area contributed by atoms with Crippen molar-refractivity contribution in [3.05, 3.63) is 69.8 Å². The third kappa shape index (κ3) is 4.05. The number of nitrogens with one attached hydrogen (secondary N) is 3. The van der Waals surface area contributed by atoms with Crippen LogP contribution in [0.15, 0.2) is 64.3 Å². The Balaban J connectivity index is 1.94. The third-order valence-electron chi connectivity index (χ3n) is 4.04. The number of methoxy groups -OCH3 is 1. The second-order valence-corrected chi connectivity index (χ2v) is 7.13. The largest absolute Gasteiger partial charge is 0.497 e. The van der Waals surface area contributed by atoms with Gasteiger partial charge in [0, 0.05) is 15.9 Å². The topological polar surface area (TPSA) is 62.4 Å². The van der Waals surface area contributed by atoms with Crippen molar-refractivity contribution in [2.75, 3.05) is 12.4 Å². The van der Waals surface area contributed by atoms with Crippen LogP contribution in [0.3, 0.4) is 0 Å². The zero-order valence-corrected chi connectivity index (χ0v) is 16.7. The Bertz CT molecular complexity index is 881. The van der Waals surface area contributed by atoms with Gasteiger partial charge in [0.05, 0.1) is 18.7 Å². The molecule has 1 amide bonds. The van der Waals surface area contributed by atoms with Gasteiger partial charge in [0.15, 0.2) is 5.11 Å². The monoisotopic (exact) mass is 431 g/mol. The lowest BCUT2D eigenvalue weighted by atomic mass is 9.94. The molecule has 0 saturated carbocycles. The molecule has 1 heterocycles. The number of thiocarbonyl (C=S) groups is 1. The van der Waals surface area contributed by atoms with Crippen LogP contribution in [0.5, 0.6) is 5.75 Å². The fourth-order valence-electron chi connectivity index (χ4n) is 2.80. The van der Waals surface area contributed by atoms with Crippen LogP contribution in [-0.2, 0) is 4.79 Å². The summed E-state index contributed by atoms with van der Waals surface area (Å²) >= 11 is 8.67. The van der Waals surface area contributed by atoms with E-state index >= 15 is 0 Å². The first kappa shape index (κ1) is 18.4. The number of hydrogen-bond acceptors (Lipinski definition) is 3. The lowest BCUT2D eigenvalue weighted by Gasteiger charge is -2.30. The first-order valence-electron chi connectivity index (χ1n) is 7.97. The molecule has 1 atom stereocenters. The summed E-state index contributed by atoms with van der Waals surface area (Å²) in [5, 5.41) is 9.63. The normalized spacial score (nSPS) is 16.6. The molecule has 7 heteroatoms. The van der Waals surface area contributed by atoms with Gasteiger partial charge >= 0.3 is 0 Å². The predicted molar refractivity (Wildman–Crippen MR) is 110 cm³/mol. The molecule has 0 radical (unpaired) electrons. The number of carbonyl (C=O) groups is 1. The Morgan fingerprint density at radius 3 is 2.65 bits per heavy atom. The van der Waals surface area contributed by atoms with E-state index in [0.29, 0.717) is 10.7 Å². The van der Waals surface area contributed by atoms with Crippen molar-refractivity contribution in [3.8, 4) is 5.75 Å². The summed E-state index contributed by atoms with van der Waals surface area (Å²) < 4.78 is 6.26. The minimum atomic E-state index is -0.366. The molecule has 134 valence electrons. The summed E-state index contributed by atoms with van der Waals surface area (Å²) in [5.74, 6) is 0.527. The average Bonchev–Trinajstić information content (AvgIpc) is 2.63. The van der Waals surface area contributed by atoms with E-state index in [1.807, 2.05) is 55.5 Å². The van der Waals surface area contributed by atoms with Crippen molar-refractivity contribution >= 4 is 44.9 Å². The Labute approximate surface area is 165 Å². The van der Waals surface area contributed by atoms with E-state index in [1.54, 1.807) is 7.11 Å². The number of rotatable bonds is 4. The van der Waals surface area contributed by atoms with Gasteiger partial charge in [0.2, 0.25) is 0 Å². The molecule has 0 aromatic heterocycles. The maximum Gasteiger partial charge on any atom is 0.255 e. The summed E-state index contributed by atoms with van der Waals surface area (Å²) in [7, 11) is 1.61. The van der Waals surface area contributed by atoms with Gasteiger partial charge in [0.25, 0.3) is 5.91 Å². The Morgan fingerprint density at radius 2 is 1.96 bits per heavy atom. The molecular weight excluding hydrogens is 414 g/mol. The van der Waals surface area contributed by atoms with E-state index in [0.717, 1.165) is 27.2 Å². The van der Waals surface area contributed by atoms with E-state index in [2.05, 4.69) is 31.9 Å². The molecule has 3 rings (SSSR count). The second kappa shape index (κ2) is 7.88. The van der Waals surface area contributed by atoms with Crippen molar-refractivity contribution in [3.63, 3.8) is 0 Å². The first-order chi connectivity index (χ1) is 12.5. The molecule has 2 aromatic carbocycles. The molecule has 0 spiro atoms. The zero-order chi connectivity index (χ0) is 18.7. The van der Waals surface area contributed by atoms with Gasteiger partial charge in [-0.25, -0.2) is 0 Å². The number of amides is 1. The van der Waals surface area contributed by atoms with Gasteiger partial charge in [0.1, 0.15) is 5.75 Å². The van der Waals surface area contributed by atoms with Gasteiger partial charge < -0.3 is 20.7 Å². The Hall–Kier alpha value is -2.38. The standard InChI is InChI=1S/C19H18BrN3O2S/c1-11-16(18(24)22-14-8-6-13(20)7-9-14)17(23-19(26)21-11)12-4-3-5-15(10-12)25-2/h3-10,17H,1-2H3,(H,22,24)(H2,21,23,26)/t17-/m0/s1. The number of allylic oxidation sites excluding steroid dienone is 1. The predicted octanol–water partition coefficient (Wildman–Crippen LogP) is 3.89. The quantitative estimate of drug-likeness (QED) is 0.640. The number of halogens is 1. The van der Waals surface area contributed by atoms with Crippen LogP contribution in [0.1, 0.15) is 18.5 Å². The highest BCUT2D eigenvalue weighted by Crippen LogP contribution is 2.30. The highest BCUT2D eigenvalue weighted by Gasteiger charge is 2.30. The molecule has 3 N–H and O–H groups in total. The molecule has 1 aliphatic rings. The van der Waals surface area contributed by atoms with E-state index < -0.39 is 0 Å². The zero-order valence-electron chi connectivity index (χ0n) is 14.3. The van der Waals surface area contributed by atoms with Gasteiger partial charge in [-0.05, 0) is 61.1 Å². The minimum Gasteiger partial charge on any atom is -0.497 e. The molecule has 2 aromatic rings. The smallest absolute Gasteiger partial charge is 0.255 e. The van der Waals surface area contributed by atoms with Crippen LogP contribution in [0, 0.1) is 0 Å². The number of hydrogen-bond donors (Lipinski definition) is 3. The van der Waals surface area contributed by atoms with E-state index in [-0.39, 0.29) is 11.9 Å². The SMILES string of the molecule is COc1cccc([C@@H]2NC(=S)NC(C)=C2C(=O)Nc2ccc(Br)cc2)c1. The number of ether oxygens (including phenoxy) is 1. The number of carbonyl (C=O) groups excluding carboxylic acids is 1. The molecule has 26 heavy (non-hydrogen) atoms. The first-order valence-corrected chi connectivity index (χ1v) is 9.17. The molecular formula is C19H18BrN3O2S. The molecule has 0 bridgehead atoms. The lowest BCUT2D eigenvalue weighted by Crippen LogP contribution is -2.45. The fraction of sp³-hybridized carbons (Fsp3) is 0.158. The van der Waals surface area contributed by atoms with Crippen molar-refractivity contribution < 1.29 is 9.53 Å². The van der Waals surface area contributed by atoms with Crippen LogP contribution in [0.25, 0.3) is 0 Å². The molecule has 0 saturated heterocycles. The lowest BCUT2D eigenvalue weighted by molar-refractivity contribution is -0.113. The van der Waals surface area contributed by atoms with Gasteiger partial charge in [-0.3, -0.25) is 4.79 Å². The van der Waals surface area contributed by atoms with Gasteiger partial charge in [-0.1, -0.05) is 28.1 Å². The van der Waals surface area contributed by atoms with Crippen molar-refractivity contribution in [1.29, 1.82) is 0 Å². The highest BCUT2D eigenvalue weighted by atomic mass is 79.9.